The lowest BCUT2D eigenvalue weighted by Gasteiger charge is -1.94. The molecular weight excluding hydrogens is 162 g/mol. The molecule has 0 spiro atoms. The number of nitrogens with zero attached hydrogens (tertiary/aromatic N) is 1. The number of hydrogen-bond acceptors (Lipinski definition) is 2. The molecule has 0 aromatic carbocycles. The van der Waals surface area contributed by atoms with E-state index in [9.17, 15) is 4.79 Å². The van der Waals surface area contributed by atoms with Crippen LogP contribution in [0.1, 0.15) is 11.3 Å². The van der Waals surface area contributed by atoms with E-state index in [1.807, 2.05) is 6.07 Å². The molecule has 0 aliphatic heterocycles. The normalized spacial score (nSPS) is 15.2. The van der Waals surface area contributed by atoms with Gasteiger partial charge in [0, 0.05) is 19.0 Å². The zero-order valence-corrected chi connectivity index (χ0v) is 6.56. The number of hydrogen-bond donors (Lipinski definition) is 0. The van der Waals surface area contributed by atoms with E-state index in [4.69, 9.17) is 11.6 Å². The zero-order valence-electron chi connectivity index (χ0n) is 5.80. The van der Waals surface area contributed by atoms with Gasteiger partial charge in [-0.25, -0.2) is 0 Å². The van der Waals surface area contributed by atoms with Gasteiger partial charge in [0.05, 0.1) is 10.7 Å². The van der Waals surface area contributed by atoms with E-state index in [1.54, 1.807) is 6.20 Å². The van der Waals surface area contributed by atoms with E-state index in [1.165, 1.54) is 0 Å². The molecule has 2 nitrogen and oxygen atoms in total. The maximum absolute atomic E-state index is 10.9. The Morgan fingerprint density at radius 3 is 3.09 bits per heavy atom. The largest absolute Gasteiger partial charge is 0.299 e. The molecule has 0 saturated carbocycles. The lowest BCUT2D eigenvalue weighted by Crippen LogP contribution is -1.93. The van der Waals surface area contributed by atoms with E-state index in [2.05, 4.69) is 4.98 Å². The second-order valence-electron chi connectivity index (χ2n) is 2.65. The SMILES string of the molecule is O=C1Cc2cc(Cl)cnc2C1. The average Bonchev–Trinajstić information content (AvgIpc) is 2.27. The minimum absolute atomic E-state index is 0.231. The highest BCUT2D eigenvalue weighted by Crippen LogP contribution is 2.20. The number of carbonyl (C=O) groups excluding carboxylic acids is 1. The first kappa shape index (κ1) is 6.80. The fraction of sp³-hybridized carbons (Fsp3) is 0.250. The van der Waals surface area contributed by atoms with Gasteiger partial charge in [-0.15, -0.1) is 0 Å². The molecule has 0 amide bonds. The molecule has 1 aromatic rings. The van der Waals surface area contributed by atoms with Crippen molar-refractivity contribution < 1.29 is 4.79 Å². The molecule has 0 unspecified atom stereocenters. The lowest BCUT2D eigenvalue weighted by molar-refractivity contribution is -0.117. The van der Waals surface area contributed by atoms with Crippen molar-refractivity contribution in [3.05, 3.63) is 28.5 Å². The topological polar surface area (TPSA) is 30.0 Å². The van der Waals surface area contributed by atoms with Crippen LogP contribution in [0, 0.1) is 0 Å². The number of rotatable bonds is 0. The van der Waals surface area contributed by atoms with Gasteiger partial charge in [-0.1, -0.05) is 11.6 Å². The van der Waals surface area contributed by atoms with Crippen LogP contribution in [0.25, 0.3) is 0 Å². The highest BCUT2D eigenvalue weighted by Gasteiger charge is 2.19. The van der Waals surface area contributed by atoms with E-state index in [0.29, 0.717) is 17.9 Å². The fourth-order valence-electron chi connectivity index (χ4n) is 1.28. The molecule has 0 fully saturated rings. The molecule has 1 aliphatic carbocycles. The standard InChI is InChI=1S/C8H6ClNO/c9-6-1-5-2-7(11)3-8(5)10-4-6/h1,4H,2-3H2. The van der Waals surface area contributed by atoms with Gasteiger partial charge < -0.3 is 0 Å². The van der Waals surface area contributed by atoms with Crippen LogP contribution in [-0.4, -0.2) is 10.8 Å². The van der Waals surface area contributed by atoms with Crippen LogP contribution >= 0.6 is 11.6 Å². The van der Waals surface area contributed by atoms with Crippen LogP contribution in [-0.2, 0) is 17.6 Å². The summed E-state index contributed by atoms with van der Waals surface area (Å²) in [5.74, 6) is 0.231. The van der Waals surface area contributed by atoms with E-state index in [-0.39, 0.29) is 5.78 Å². The van der Waals surface area contributed by atoms with Gasteiger partial charge in [-0.2, -0.15) is 0 Å². The van der Waals surface area contributed by atoms with Gasteiger partial charge in [-0.05, 0) is 11.6 Å². The summed E-state index contributed by atoms with van der Waals surface area (Å²) in [5.41, 5.74) is 1.88. The van der Waals surface area contributed by atoms with Gasteiger partial charge in [0.2, 0.25) is 0 Å². The number of Topliss-reactive ketones (excluding diaryl/α,β-unsaturated/α-hetero) is 1. The Balaban J connectivity index is 2.51. The van der Waals surface area contributed by atoms with Gasteiger partial charge in [0.25, 0.3) is 0 Å². The van der Waals surface area contributed by atoms with Crippen molar-refractivity contribution >= 4 is 17.4 Å². The first-order valence-electron chi connectivity index (χ1n) is 3.41. The summed E-state index contributed by atoms with van der Waals surface area (Å²) in [6.07, 6.45) is 2.56. The second kappa shape index (κ2) is 2.31. The molecule has 2 rings (SSSR count). The lowest BCUT2D eigenvalue weighted by atomic mass is 10.2. The molecule has 0 saturated heterocycles. The number of fused-ring (bicyclic) bond motifs is 1. The highest BCUT2D eigenvalue weighted by molar-refractivity contribution is 6.30. The predicted molar refractivity (Wildman–Crippen MR) is 41.7 cm³/mol. The number of ketones is 1. The quantitative estimate of drug-likeness (QED) is 0.585. The molecule has 1 heterocycles. The van der Waals surface area contributed by atoms with Gasteiger partial charge in [0.1, 0.15) is 5.78 Å². The summed E-state index contributed by atoms with van der Waals surface area (Å²) in [7, 11) is 0. The van der Waals surface area contributed by atoms with Crippen molar-refractivity contribution in [1.29, 1.82) is 0 Å². The zero-order chi connectivity index (χ0) is 7.84. The molecule has 1 aromatic heterocycles. The first-order chi connectivity index (χ1) is 5.25. The van der Waals surface area contributed by atoms with Crippen LogP contribution < -0.4 is 0 Å². The Labute approximate surface area is 69.2 Å². The van der Waals surface area contributed by atoms with Crippen molar-refractivity contribution in [3.8, 4) is 0 Å². The van der Waals surface area contributed by atoms with E-state index < -0.39 is 0 Å². The van der Waals surface area contributed by atoms with Crippen molar-refractivity contribution in [1.82, 2.24) is 4.98 Å². The Morgan fingerprint density at radius 2 is 2.27 bits per heavy atom. The van der Waals surface area contributed by atoms with Gasteiger partial charge in [0.15, 0.2) is 0 Å². The molecule has 0 atom stereocenters. The monoisotopic (exact) mass is 167 g/mol. The highest BCUT2D eigenvalue weighted by atomic mass is 35.5. The van der Waals surface area contributed by atoms with Crippen LogP contribution in [0.2, 0.25) is 5.02 Å². The smallest absolute Gasteiger partial charge is 0.143 e. The number of carbonyl (C=O) groups is 1. The Kier molecular flexibility index (Phi) is 1.43. The summed E-state index contributed by atoms with van der Waals surface area (Å²) in [4.78, 5) is 15.0. The molecule has 1 aliphatic rings. The van der Waals surface area contributed by atoms with Crippen molar-refractivity contribution in [2.24, 2.45) is 0 Å². The van der Waals surface area contributed by atoms with E-state index in [0.717, 1.165) is 11.3 Å². The summed E-state index contributed by atoms with van der Waals surface area (Å²) in [5, 5.41) is 0.610. The van der Waals surface area contributed by atoms with Gasteiger partial charge >= 0.3 is 0 Å². The number of pyridine rings is 1. The minimum Gasteiger partial charge on any atom is -0.299 e. The van der Waals surface area contributed by atoms with Gasteiger partial charge in [-0.3, -0.25) is 9.78 Å². The molecule has 3 heteroatoms. The van der Waals surface area contributed by atoms with Crippen LogP contribution in [0.3, 0.4) is 0 Å². The summed E-state index contributed by atoms with van der Waals surface area (Å²) >= 11 is 5.70. The summed E-state index contributed by atoms with van der Waals surface area (Å²) < 4.78 is 0. The van der Waals surface area contributed by atoms with Crippen LogP contribution in [0.4, 0.5) is 0 Å². The van der Waals surface area contributed by atoms with Crippen molar-refractivity contribution in [3.63, 3.8) is 0 Å². The maximum Gasteiger partial charge on any atom is 0.143 e. The van der Waals surface area contributed by atoms with Crippen molar-refractivity contribution in [2.45, 2.75) is 12.8 Å². The average molecular weight is 168 g/mol. The fourth-order valence-corrected chi connectivity index (χ4v) is 1.46. The number of aromatic nitrogens is 1. The van der Waals surface area contributed by atoms with Crippen molar-refractivity contribution in [2.75, 3.05) is 0 Å². The van der Waals surface area contributed by atoms with Crippen LogP contribution in [0.15, 0.2) is 12.3 Å². The summed E-state index contributed by atoms with van der Waals surface area (Å²) in [6.45, 7) is 0. The first-order valence-corrected chi connectivity index (χ1v) is 3.78. The second-order valence-corrected chi connectivity index (χ2v) is 3.09. The minimum atomic E-state index is 0.231. The third-order valence-electron chi connectivity index (χ3n) is 1.78. The molecule has 56 valence electrons. The molecule has 0 bridgehead atoms. The number of halogens is 1. The molecule has 11 heavy (non-hydrogen) atoms. The van der Waals surface area contributed by atoms with Crippen LogP contribution in [0.5, 0.6) is 0 Å². The predicted octanol–water partition coefficient (Wildman–Crippen LogP) is 1.40. The Morgan fingerprint density at radius 1 is 1.45 bits per heavy atom. The Hall–Kier alpha value is -0.890. The molecule has 0 N–H and O–H groups in total. The summed E-state index contributed by atoms with van der Waals surface area (Å²) in [6, 6.07) is 1.81. The molecular formula is C8H6ClNO. The Bertz CT molecular complexity index is 322. The third-order valence-corrected chi connectivity index (χ3v) is 1.99. The van der Waals surface area contributed by atoms with E-state index >= 15 is 0 Å². The molecule has 0 radical (unpaired) electrons. The maximum atomic E-state index is 10.9. The third kappa shape index (κ3) is 1.14.